The molecule has 3 heterocycles. The van der Waals surface area contributed by atoms with Gasteiger partial charge in [-0.2, -0.15) is 4.31 Å². The first-order valence-corrected chi connectivity index (χ1v) is 11.8. The predicted molar refractivity (Wildman–Crippen MR) is 106 cm³/mol. The van der Waals surface area contributed by atoms with E-state index in [0.29, 0.717) is 18.7 Å². The van der Waals surface area contributed by atoms with Crippen LogP contribution in [-0.4, -0.2) is 43.2 Å². The summed E-state index contributed by atoms with van der Waals surface area (Å²) in [6, 6.07) is 9.54. The smallest absolute Gasteiger partial charge is 0.254 e. The number of fused-ring (bicyclic) bond motifs is 1. The molecule has 0 bridgehead atoms. The van der Waals surface area contributed by atoms with E-state index in [1.54, 1.807) is 11.4 Å². The van der Waals surface area contributed by atoms with Crippen molar-refractivity contribution in [3.8, 4) is 0 Å². The summed E-state index contributed by atoms with van der Waals surface area (Å²) in [5.41, 5.74) is 2.77. The number of amides is 1. The van der Waals surface area contributed by atoms with Gasteiger partial charge >= 0.3 is 0 Å². The molecule has 144 valence electrons. The van der Waals surface area contributed by atoms with Crippen molar-refractivity contribution in [2.45, 2.75) is 42.9 Å². The molecule has 5 nitrogen and oxygen atoms in total. The second-order valence-corrected chi connectivity index (χ2v) is 10.3. The largest absolute Gasteiger partial charge is 0.339 e. The van der Waals surface area contributed by atoms with Gasteiger partial charge in [0.25, 0.3) is 15.9 Å². The molecule has 1 aromatic heterocycles. The lowest BCUT2D eigenvalue weighted by Gasteiger charge is -2.27. The van der Waals surface area contributed by atoms with Crippen molar-refractivity contribution in [3.05, 3.63) is 52.4 Å². The molecule has 2 aliphatic rings. The van der Waals surface area contributed by atoms with Crippen LogP contribution in [0.4, 0.5) is 0 Å². The molecule has 0 saturated carbocycles. The van der Waals surface area contributed by atoms with Gasteiger partial charge in [0.2, 0.25) is 0 Å². The minimum absolute atomic E-state index is 0.0430. The highest BCUT2D eigenvalue weighted by Gasteiger charge is 2.30. The standard InChI is InChI=1S/C20H24N2O3S2/c23-20(21-10-5-1-2-6-11-21)18-13-19(26-15-18)27(24,25)22-12-9-16-7-3-4-8-17(16)14-22/h3-4,7-8,13,15H,1-2,5-6,9-12,14H2. The molecule has 0 N–H and O–H groups in total. The van der Waals surface area contributed by atoms with Gasteiger partial charge in [0.05, 0.1) is 5.56 Å². The number of hydrogen-bond acceptors (Lipinski definition) is 4. The van der Waals surface area contributed by atoms with Gasteiger partial charge in [0.15, 0.2) is 0 Å². The third-order valence-corrected chi connectivity index (χ3v) is 8.67. The van der Waals surface area contributed by atoms with E-state index in [1.807, 2.05) is 23.1 Å². The van der Waals surface area contributed by atoms with Crippen LogP contribution in [0.3, 0.4) is 0 Å². The third kappa shape index (κ3) is 3.81. The molecule has 1 fully saturated rings. The second kappa shape index (κ2) is 7.73. The van der Waals surface area contributed by atoms with Crippen LogP contribution in [0, 0.1) is 0 Å². The zero-order valence-corrected chi connectivity index (χ0v) is 16.9. The molecular formula is C20H24N2O3S2. The number of nitrogens with zero attached hydrogens (tertiary/aromatic N) is 2. The summed E-state index contributed by atoms with van der Waals surface area (Å²) in [7, 11) is -3.57. The fourth-order valence-electron chi connectivity index (χ4n) is 3.82. The van der Waals surface area contributed by atoms with Gasteiger partial charge in [0, 0.05) is 31.6 Å². The van der Waals surface area contributed by atoms with E-state index in [1.165, 1.54) is 9.87 Å². The summed E-state index contributed by atoms with van der Waals surface area (Å²) >= 11 is 1.15. The van der Waals surface area contributed by atoms with Gasteiger partial charge in [-0.3, -0.25) is 4.79 Å². The Labute approximate surface area is 164 Å². The summed E-state index contributed by atoms with van der Waals surface area (Å²) in [5.74, 6) is -0.0430. The number of sulfonamides is 1. The number of rotatable bonds is 3. The molecule has 4 rings (SSSR count). The molecule has 2 aliphatic heterocycles. The summed E-state index contributed by atoms with van der Waals surface area (Å²) < 4.78 is 27.9. The maximum Gasteiger partial charge on any atom is 0.254 e. The van der Waals surface area contributed by atoms with Crippen molar-refractivity contribution in [1.29, 1.82) is 0 Å². The van der Waals surface area contributed by atoms with Gasteiger partial charge in [-0.05, 0) is 36.5 Å². The van der Waals surface area contributed by atoms with E-state index in [2.05, 4.69) is 6.07 Å². The topological polar surface area (TPSA) is 57.7 Å². The first-order chi connectivity index (χ1) is 13.1. The molecule has 1 saturated heterocycles. The average Bonchev–Trinajstić information content (AvgIpc) is 3.04. The molecule has 0 atom stereocenters. The first-order valence-electron chi connectivity index (χ1n) is 9.50. The molecule has 1 amide bonds. The zero-order valence-electron chi connectivity index (χ0n) is 15.3. The van der Waals surface area contributed by atoms with Crippen molar-refractivity contribution in [2.24, 2.45) is 0 Å². The molecule has 7 heteroatoms. The van der Waals surface area contributed by atoms with E-state index in [4.69, 9.17) is 0 Å². The molecule has 0 aliphatic carbocycles. The maximum absolute atomic E-state index is 13.1. The van der Waals surface area contributed by atoms with Crippen LogP contribution < -0.4 is 0 Å². The summed E-state index contributed by atoms with van der Waals surface area (Å²) in [4.78, 5) is 14.6. The minimum Gasteiger partial charge on any atom is -0.339 e. The van der Waals surface area contributed by atoms with Gasteiger partial charge in [-0.1, -0.05) is 37.1 Å². The number of carbonyl (C=O) groups excluding carboxylic acids is 1. The fourth-order valence-corrected chi connectivity index (χ4v) is 6.55. The van der Waals surface area contributed by atoms with Crippen LogP contribution >= 0.6 is 11.3 Å². The maximum atomic E-state index is 13.1. The summed E-state index contributed by atoms with van der Waals surface area (Å²) in [6.45, 7) is 2.40. The van der Waals surface area contributed by atoms with Crippen molar-refractivity contribution in [1.82, 2.24) is 9.21 Å². The van der Waals surface area contributed by atoms with Crippen LogP contribution in [-0.2, 0) is 23.0 Å². The Bertz CT molecular complexity index is 928. The molecule has 27 heavy (non-hydrogen) atoms. The zero-order chi connectivity index (χ0) is 18.9. The highest BCUT2D eigenvalue weighted by molar-refractivity contribution is 7.91. The molecule has 1 aromatic carbocycles. The normalized spacial score (nSPS) is 18.7. The van der Waals surface area contributed by atoms with Crippen LogP contribution in [0.5, 0.6) is 0 Å². The lowest BCUT2D eigenvalue weighted by atomic mass is 10.0. The Morgan fingerprint density at radius 3 is 2.41 bits per heavy atom. The van der Waals surface area contributed by atoms with E-state index in [9.17, 15) is 13.2 Å². The molecule has 0 unspecified atom stereocenters. The van der Waals surface area contributed by atoms with Gasteiger partial charge in [-0.25, -0.2) is 8.42 Å². The lowest BCUT2D eigenvalue weighted by Crippen LogP contribution is -2.35. The predicted octanol–water partition coefficient (Wildman–Crippen LogP) is 3.51. The highest BCUT2D eigenvalue weighted by atomic mass is 32.2. The number of thiophene rings is 1. The monoisotopic (exact) mass is 404 g/mol. The Hall–Kier alpha value is -1.70. The quantitative estimate of drug-likeness (QED) is 0.787. The fraction of sp³-hybridized carbons (Fsp3) is 0.450. The van der Waals surface area contributed by atoms with Crippen LogP contribution in [0.2, 0.25) is 0 Å². The lowest BCUT2D eigenvalue weighted by molar-refractivity contribution is 0.0762. The minimum atomic E-state index is -3.57. The van der Waals surface area contributed by atoms with E-state index < -0.39 is 10.0 Å². The van der Waals surface area contributed by atoms with Gasteiger partial charge in [0.1, 0.15) is 4.21 Å². The van der Waals surface area contributed by atoms with Crippen LogP contribution in [0.1, 0.15) is 47.2 Å². The number of likely N-dealkylation sites (tertiary alicyclic amines) is 1. The molecule has 0 radical (unpaired) electrons. The molecule has 0 spiro atoms. The Morgan fingerprint density at radius 2 is 1.67 bits per heavy atom. The van der Waals surface area contributed by atoms with Crippen molar-refractivity contribution in [2.75, 3.05) is 19.6 Å². The van der Waals surface area contributed by atoms with Gasteiger partial charge < -0.3 is 4.90 Å². The Morgan fingerprint density at radius 1 is 0.963 bits per heavy atom. The van der Waals surface area contributed by atoms with Crippen molar-refractivity contribution >= 4 is 27.3 Å². The van der Waals surface area contributed by atoms with Crippen molar-refractivity contribution < 1.29 is 13.2 Å². The number of hydrogen-bond donors (Lipinski definition) is 0. The SMILES string of the molecule is O=C(c1csc(S(=O)(=O)N2CCc3ccccc3C2)c1)N1CCCCCC1. The number of carbonyl (C=O) groups is 1. The Kier molecular flexibility index (Phi) is 5.34. The third-order valence-electron chi connectivity index (χ3n) is 5.41. The second-order valence-electron chi connectivity index (χ2n) is 7.22. The summed E-state index contributed by atoms with van der Waals surface area (Å²) in [5, 5.41) is 1.69. The van der Waals surface area contributed by atoms with E-state index in [0.717, 1.165) is 62.1 Å². The molecule has 2 aromatic rings. The Balaban J connectivity index is 1.53. The van der Waals surface area contributed by atoms with Crippen LogP contribution in [0.25, 0.3) is 0 Å². The van der Waals surface area contributed by atoms with E-state index >= 15 is 0 Å². The van der Waals surface area contributed by atoms with E-state index in [-0.39, 0.29) is 10.1 Å². The highest BCUT2D eigenvalue weighted by Crippen LogP contribution is 2.29. The number of benzene rings is 1. The summed E-state index contributed by atoms with van der Waals surface area (Å²) in [6.07, 6.45) is 5.08. The van der Waals surface area contributed by atoms with Crippen molar-refractivity contribution in [3.63, 3.8) is 0 Å². The first kappa shape index (κ1) is 18.7. The van der Waals surface area contributed by atoms with Crippen LogP contribution in [0.15, 0.2) is 39.9 Å². The molecular weight excluding hydrogens is 380 g/mol. The average molecular weight is 405 g/mol. The van der Waals surface area contributed by atoms with Gasteiger partial charge in [-0.15, -0.1) is 11.3 Å².